The molecule has 0 aliphatic carbocycles. The van der Waals surface area contributed by atoms with E-state index in [0.29, 0.717) is 6.54 Å². The van der Waals surface area contributed by atoms with E-state index in [4.69, 9.17) is 0 Å². The van der Waals surface area contributed by atoms with E-state index in [-0.39, 0.29) is 23.3 Å². The Kier molecular flexibility index (Phi) is 4.17. The van der Waals surface area contributed by atoms with Crippen molar-refractivity contribution >= 4 is 11.8 Å². The van der Waals surface area contributed by atoms with Crippen LogP contribution in [-0.4, -0.2) is 35.3 Å². The van der Waals surface area contributed by atoms with Crippen LogP contribution in [-0.2, 0) is 9.59 Å². The molecule has 1 N–H and O–H groups in total. The van der Waals surface area contributed by atoms with E-state index in [1.165, 1.54) is 0 Å². The highest BCUT2D eigenvalue weighted by atomic mass is 16.2. The van der Waals surface area contributed by atoms with Gasteiger partial charge in [-0.2, -0.15) is 0 Å². The van der Waals surface area contributed by atoms with Gasteiger partial charge in [-0.05, 0) is 18.8 Å². The molecule has 1 aliphatic heterocycles. The number of hydrogen-bond acceptors (Lipinski definition) is 2. The van der Waals surface area contributed by atoms with Crippen LogP contribution in [0.15, 0.2) is 0 Å². The first-order valence-electron chi connectivity index (χ1n) is 6.43. The van der Waals surface area contributed by atoms with E-state index in [9.17, 15) is 9.59 Å². The van der Waals surface area contributed by atoms with Crippen molar-refractivity contribution in [2.75, 3.05) is 6.54 Å². The topological polar surface area (TPSA) is 49.4 Å². The minimum Gasteiger partial charge on any atom is -0.342 e. The fourth-order valence-corrected chi connectivity index (χ4v) is 2.28. The average Bonchev–Trinajstić information content (AvgIpc) is 2.22. The van der Waals surface area contributed by atoms with Crippen LogP contribution < -0.4 is 5.32 Å². The summed E-state index contributed by atoms with van der Waals surface area (Å²) in [5.41, 5.74) is -0.239. The van der Waals surface area contributed by atoms with E-state index < -0.39 is 6.04 Å². The molecule has 0 bridgehead atoms. The van der Waals surface area contributed by atoms with Crippen LogP contribution in [0.25, 0.3) is 0 Å². The Balaban J connectivity index is 2.95. The van der Waals surface area contributed by atoms with Crippen molar-refractivity contribution in [1.82, 2.24) is 10.2 Å². The molecule has 2 amide bonds. The van der Waals surface area contributed by atoms with Gasteiger partial charge in [0, 0.05) is 6.54 Å². The molecular weight excluding hydrogens is 216 g/mol. The predicted molar refractivity (Wildman–Crippen MR) is 67.5 cm³/mol. The fraction of sp³-hybridized carbons (Fsp3) is 0.846. The highest BCUT2D eigenvalue weighted by Gasteiger charge is 2.43. The van der Waals surface area contributed by atoms with Crippen molar-refractivity contribution in [3.63, 3.8) is 0 Å². The van der Waals surface area contributed by atoms with Gasteiger partial charge in [0.15, 0.2) is 0 Å². The summed E-state index contributed by atoms with van der Waals surface area (Å²) in [7, 11) is 0. The molecule has 0 saturated carbocycles. The first-order valence-corrected chi connectivity index (χ1v) is 6.43. The van der Waals surface area contributed by atoms with Gasteiger partial charge in [-0.15, -0.1) is 0 Å². The number of carbonyl (C=O) groups is 2. The molecular formula is C13H24N2O2. The normalized spacial score (nSPS) is 26.1. The van der Waals surface area contributed by atoms with Crippen LogP contribution in [0, 0.1) is 5.41 Å². The van der Waals surface area contributed by atoms with Crippen LogP contribution in [0.5, 0.6) is 0 Å². The van der Waals surface area contributed by atoms with Gasteiger partial charge in [-0.1, -0.05) is 34.1 Å². The lowest BCUT2D eigenvalue weighted by molar-refractivity contribution is -0.152. The Morgan fingerprint density at radius 3 is 2.24 bits per heavy atom. The second-order valence-corrected chi connectivity index (χ2v) is 5.74. The van der Waals surface area contributed by atoms with E-state index in [1.807, 2.05) is 34.6 Å². The quantitative estimate of drug-likeness (QED) is 0.813. The summed E-state index contributed by atoms with van der Waals surface area (Å²) in [6.45, 7) is 10.5. The van der Waals surface area contributed by atoms with Gasteiger partial charge in [-0.25, -0.2) is 0 Å². The minimum absolute atomic E-state index is 0.00627. The molecule has 0 aromatic rings. The Labute approximate surface area is 104 Å². The van der Waals surface area contributed by atoms with Crippen molar-refractivity contribution in [1.29, 1.82) is 0 Å². The second kappa shape index (κ2) is 5.07. The molecule has 4 nitrogen and oxygen atoms in total. The van der Waals surface area contributed by atoms with Gasteiger partial charge < -0.3 is 10.2 Å². The summed E-state index contributed by atoms with van der Waals surface area (Å²) < 4.78 is 0. The zero-order valence-electron chi connectivity index (χ0n) is 11.5. The largest absolute Gasteiger partial charge is 0.342 e. The lowest BCUT2D eigenvalue weighted by Crippen LogP contribution is -2.66. The molecule has 4 heteroatoms. The molecule has 0 spiro atoms. The molecule has 1 saturated heterocycles. The smallest absolute Gasteiger partial charge is 0.246 e. The van der Waals surface area contributed by atoms with Gasteiger partial charge in [0.1, 0.15) is 12.1 Å². The van der Waals surface area contributed by atoms with Crippen LogP contribution in [0.2, 0.25) is 0 Å². The maximum atomic E-state index is 12.3. The summed E-state index contributed by atoms with van der Waals surface area (Å²) in [5, 5.41) is 2.88. The van der Waals surface area contributed by atoms with Crippen LogP contribution in [0.1, 0.15) is 47.5 Å². The highest BCUT2D eigenvalue weighted by Crippen LogP contribution is 2.26. The first-order chi connectivity index (χ1) is 7.82. The van der Waals surface area contributed by atoms with Gasteiger partial charge in [0.25, 0.3) is 0 Å². The number of carbonyl (C=O) groups excluding carboxylic acids is 2. The Morgan fingerprint density at radius 2 is 1.82 bits per heavy atom. The minimum atomic E-state index is -0.400. The number of piperazine rings is 1. The number of nitrogens with zero attached hydrogens (tertiary/aromatic N) is 1. The van der Waals surface area contributed by atoms with E-state index in [1.54, 1.807) is 4.90 Å². The summed E-state index contributed by atoms with van der Waals surface area (Å²) in [6.07, 6.45) is 1.64. The molecule has 17 heavy (non-hydrogen) atoms. The van der Waals surface area contributed by atoms with Crippen LogP contribution in [0.3, 0.4) is 0 Å². The zero-order valence-corrected chi connectivity index (χ0v) is 11.5. The number of amides is 2. The molecule has 0 aromatic heterocycles. The van der Waals surface area contributed by atoms with Crippen molar-refractivity contribution in [3.05, 3.63) is 0 Å². The second-order valence-electron chi connectivity index (χ2n) is 5.74. The maximum absolute atomic E-state index is 12.3. The number of rotatable bonds is 3. The summed E-state index contributed by atoms with van der Waals surface area (Å²) in [4.78, 5) is 26.1. The average molecular weight is 240 g/mol. The van der Waals surface area contributed by atoms with Gasteiger partial charge in [0.2, 0.25) is 11.8 Å². The van der Waals surface area contributed by atoms with E-state index in [2.05, 4.69) is 5.32 Å². The predicted octanol–water partition coefficient (Wildman–Crippen LogP) is 1.55. The Bertz CT molecular complexity index is 307. The molecule has 1 heterocycles. The third-order valence-electron chi connectivity index (χ3n) is 3.26. The lowest BCUT2D eigenvalue weighted by Gasteiger charge is -2.43. The SMILES string of the molecule is CCCC1C(=O)NC(C(C)(C)C)C(=O)N1CC. The standard InChI is InChI=1S/C13H24N2O2/c1-6-8-9-11(16)14-10(13(3,4)5)12(17)15(9)7-2/h9-10H,6-8H2,1-5H3,(H,14,16). The van der Waals surface area contributed by atoms with Crippen LogP contribution in [0.4, 0.5) is 0 Å². The Morgan fingerprint density at radius 1 is 1.24 bits per heavy atom. The number of hydrogen-bond donors (Lipinski definition) is 1. The zero-order chi connectivity index (χ0) is 13.2. The molecule has 0 radical (unpaired) electrons. The molecule has 98 valence electrons. The van der Waals surface area contributed by atoms with Gasteiger partial charge >= 0.3 is 0 Å². The highest BCUT2D eigenvalue weighted by molar-refractivity contribution is 5.97. The van der Waals surface area contributed by atoms with E-state index in [0.717, 1.165) is 12.8 Å². The van der Waals surface area contributed by atoms with Gasteiger partial charge in [-0.3, -0.25) is 9.59 Å². The van der Waals surface area contributed by atoms with Crippen molar-refractivity contribution in [2.24, 2.45) is 5.41 Å². The monoisotopic (exact) mass is 240 g/mol. The maximum Gasteiger partial charge on any atom is 0.246 e. The summed E-state index contributed by atoms with van der Waals surface area (Å²) >= 11 is 0. The molecule has 2 atom stereocenters. The fourth-order valence-electron chi connectivity index (χ4n) is 2.28. The van der Waals surface area contributed by atoms with Crippen LogP contribution >= 0.6 is 0 Å². The number of likely N-dealkylation sites (N-methyl/N-ethyl adjacent to an activating group) is 1. The van der Waals surface area contributed by atoms with E-state index >= 15 is 0 Å². The molecule has 0 aromatic carbocycles. The lowest BCUT2D eigenvalue weighted by atomic mass is 9.83. The third-order valence-corrected chi connectivity index (χ3v) is 3.26. The molecule has 1 fully saturated rings. The molecule has 1 aliphatic rings. The third kappa shape index (κ3) is 2.79. The van der Waals surface area contributed by atoms with Crippen molar-refractivity contribution < 1.29 is 9.59 Å². The van der Waals surface area contributed by atoms with Crippen molar-refractivity contribution in [2.45, 2.75) is 59.5 Å². The molecule has 2 unspecified atom stereocenters. The first kappa shape index (κ1) is 14.0. The van der Waals surface area contributed by atoms with Gasteiger partial charge in [0.05, 0.1) is 0 Å². The summed E-state index contributed by atoms with van der Waals surface area (Å²) in [6, 6.07) is -0.681. The molecule has 1 rings (SSSR count). The number of nitrogens with one attached hydrogen (secondary N) is 1. The summed E-state index contributed by atoms with van der Waals surface area (Å²) in [5.74, 6) is 0.0475. The Hall–Kier alpha value is -1.06. The van der Waals surface area contributed by atoms with Crippen molar-refractivity contribution in [3.8, 4) is 0 Å².